The van der Waals surface area contributed by atoms with E-state index in [1.165, 1.54) is 12.1 Å². The third-order valence-corrected chi connectivity index (χ3v) is 4.22. The maximum absolute atomic E-state index is 12.8. The second-order valence-electron chi connectivity index (χ2n) is 6.14. The molecule has 2 heterocycles. The predicted molar refractivity (Wildman–Crippen MR) is 113 cm³/mol. The van der Waals surface area contributed by atoms with E-state index in [0.29, 0.717) is 28.1 Å². The zero-order valence-corrected chi connectivity index (χ0v) is 15.5. The molecule has 0 radical (unpaired) electrons. The monoisotopic (exact) mass is 372 g/mol. The first-order valence-electron chi connectivity index (χ1n) is 8.61. The number of nitrogens with two attached hydrogens (primary N) is 1. The van der Waals surface area contributed by atoms with Crippen LogP contribution in [0.15, 0.2) is 84.3 Å². The third-order valence-electron chi connectivity index (χ3n) is 4.22. The molecule has 0 saturated heterocycles. The molecule has 28 heavy (non-hydrogen) atoms. The molecular formula is C22H20N4O2. The second-order valence-corrected chi connectivity index (χ2v) is 6.14. The molecule has 0 saturated carbocycles. The quantitative estimate of drug-likeness (QED) is 0.649. The minimum atomic E-state index is -0.659. The van der Waals surface area contributed by atoms with Crippen molar-refractivity contribution in [3.05, 3.63) is 101 Å². The lowest BCUT2D eigenvalue weighted by Crippen LogP contribution is -2.19. The van der Waals surface area contributed by atoms with Crippen LogP contribution in [0, 0.1) is 6.92 Å². The molecular weight excluding hydrogens is 352 g/mol. The molecule has 0 unspecified atom stereocenters. The molecule has 0 bridgehead atoms. The Bertz CT molecular complexity index is 1170. The highest BCUT2D eigenvalue weighted by Gasteiger charge is 2.17. The molecule has 2 aromatic heterocycles. The van der Waals surface area contributed by atoms with Gasteiger partial charge in [-0.25, -0.2) is 4.98 Å². The number of benzene rings is 1. The lowest BCUT2D eigenvalue weighted by molar-refractivity contribution is 0.0996. The molecule has 3 N–H and O–H groups in total. The molecule has 6 heteroatoms. The fourth-order valence-corrected chi connectivity index (χ4v) is 2.99. The molecule has 3 rings (SSSR count). The van der Waals surface area contributed by atoms with Gasteiger partial charge in [-0.1, -0.05) is 37.4 Å². The van der Waals surface area contributed by atoms with Crippen LogP contribution < -0.4 is 16.5 Å². The van der Waals surface area contributed by atoms with Gasteiger partial charge in [0.05, 0.1) is 5.39 Å². The maximum Gasteiger partial charge on any atom is 0.267 e. The van der Waals surface area contributed by atoms with Gasteiger partial charge < -0.3 is 11.1 Å². The second kappa shape index (κ2) is 7.75. The average molecular weight is 372 g/mol. The number of fused-ring (bicyclic) bond motifs is 1. The summed E-state index contributed by atoms with van der Waals surface area (Å²) in [4.78, 5) is 29.0. The van der Waals surface area contributed by atoms with E-state index in [4.69, 9.17) is 5.73 Å². The fourth-order valence-electron chi connectivity index (χ4n) is 2.99. The number of pyridine rings is 2. The van der Waals surface area contributed by atoms with E-state index < -0.39 is 5.91 Å². The van der Waals surface area contributed by atoms with E-state index in [-0.39, 0.29) is 11.1 Å². The summed E-state index contributed by atoms with van der Waals surface area (Å²) in [5, 5.41) is 3.60. The van der Waals surface area contributed by atoms with Crippen molar-refractivity contribution in [3.63, 3.8) is 0 Å². The van der Waals surface area contributed by atoms with Crippen LogP contribution in [-0.2, 0) is 0 Å². The van der Waals surface area contributed by atoms with Gasteiger partial charge in [0.25, 0.3) is 5.91 Å². The van der Waals surface area contributed by atoms with Crippen molar-refractivity contribution < 1.29 is 4.79 Å². The van der Waals surface area contributed by atoms with Gasteiger partial charge in [0.1, 0.15) is 11.5 Å². The van der Waals surface area contributed by atoms with Crippen molar-refractivity contribution >= 4 is 22.8 Å². The topological polar surface area (TPSA) is 90.0 Å². The molecule has 0 fully saturated rings. The smallest absolute Gasteiger partial charge is 0.267 e. The number of amides is 1. The number of carbonyl (C=O) groups is 1. The minimum absolute atomic E-state index is 0.0943. The number of primary amides is 1. The summed E-state index contributed by atoms with van der Waals surface area (Å²) in [6.07, 6.45) is 4.96. The van der Waals surface area contributed by atoms with Crippen LogP contribution in [0.2, 0.25) is 0 Å². The van der Waals surface area contributed by atoms with Gasteiger partial charge in [-0.15, -0.1) is 0 Å². The van der Waals surface area contributed by atoms with Crippen molar-refractivity contribution in [3.8, 4) is 5.69 Å². The summed E-state index contributed by atoms with van der Waals surface area (Å²) in [5.74, 6) is -0.182. The number of hydrogen-bond acceptors (Lipinski definition) is 4. The lowest BCUT2D eigenvalue weighted by Gasteiger charge is -2.19. The summed E-state index contributed by atoms with van der Waals surface area (Å²) in [5.41, 5.74) is 7.72. The largest absolute Gasteiger partial charge is 0.364 e. The van der Waals surface area contributed by atoms with Crippen LogP contribution in [-0.4, -0.2) is 15.5 Å². The number of hydrogen-bond donors (Lipinski definition) is 2. The maximum atomic E-state index is 12.8. The van der Waals surface area contributed by atoms with E-state index in [1.807, 2.05) is 30.3 Å². The highest BCUT2D eigenvalue weighted by molar-refractivity contribution is 5.94. The van der Waals surface area contributed by atoms with Crippen LogP contribution in [0.4, 0.5) is 5.82 Å². The van der Waals surface area contributed by atoms with Gasteiger partial charge in [-0.05, 0) is 42.8 Å². The van der Waals surface area contributed by atoms with Gasteiger partial charge in [0.15, 0.2) is 11.1 Å². The highest BCUT2D eigenvalue weighted by Crippen LogP contribution is 2.24. The van der Waals surface area contributed by atoms with Crippen LogP contribution in [0.3, 0.4) is 0 Å². The first-order chi connectivity index (χ1) is 13.5. The zero-order valence-electron chi connectivity index (χ0n) is 15.5. The van der Waals surface area contributed by atoms with Crippen molar-refractivity contribution in [2.75, 3.05) is 5.32 Å². The number of aryl methyl sites for hydroxylation is 1. The number of aromatic nitrogens is 2. The van der Waals surface area contributed by atoms with E-state index in [2.05, 4.69) is 23.5 Å². The summed E-state index contributed by atoms with van der Waals surface area (Å²) in [6, 6.07) is 12.4. The Kier molecular flexibility index (Phi) is 5.22. The molecule has 0 aliphatic rings. The van der Waals surface area contributed by atoms with E-state index in [9.17, 15) is 9.59 Å². The fraction of sp³-hybridized carbons (Fsp3) is 0.0455. The summed E-state index contributed by atoms with van der Waals surface area (Å²) >= 11 is 0. The minimum Gasteiger partial charge on any atom is -0.364 e. The zero-order chi connectivity index (χ0) is 20.3. The Balaban J connectivity index is 2.44. The van der Waals surface area contributed by atoms with E-state index >= 15 is 0 Å². The van der Waals surface area contributed by atoms with Crippen molar-refractivity contribution in [1.82, 2.24) is 9.55 Å². The standard InChI is InChI=1S/C22H20N4O2/c1-4-9-15(5-2)24-19-13-18(27)20-14(3)12-17(21(23)28)25-22(20)26(19)16-10-7-6-8-11-16/h4-13,24H,1-2H2,3H3,(H2,23,28)/b15-9+. The summed E-state index contributed by atoms with van der Waals surface area (Å²) < 4.78 is 1.77. The number of nitrogens with one attached hydrogen (secondary N) is 1. The van der Waals surface area contributed by atoms with Gasteiger partial charge in [0.2, 0.25) is 0 Å². The lowest BCUT2D eigenvalue weighted by atomic mass is 10.1. The number of carbonyl (C=O) groups excluding carboxylic acids is 1. The van der Waals surface area contributed by atoms with E-state index in [1.54, 1.807) is 29.7 Å². The van der Waals surface area contributed by atoms with Gasteiger partial charge in [0, 0.05) is 17.5 Å². The van der Waals surface area contributed by atoms with Crippen LogP contribution in [0.25, 0.3) is 16.7 Å². The van der Waals surface area contributed by atoms with Crippen LogP contribution in [0.5, 0.6) is 0 Å². The molecule has 0 atom stereocenters. The molecule has 140 valence electrons. The number of para-hydroxylation sites is 1. The van der Waals surface area contributed by atoms with Crippen LogP contribution in [0.1, 0.15) is 16.1 Å². The summed E-state index contributed by atoms with van der Waals surface area (Å²) in [7, 11) is 0. The van der Waals surface area contributed by atoms with Crippen molar-refractivity contribution in [1.29, 1.82) is 0 Å². The number of allylic oxidation sites excluding steroid dienone is 3. The normalized spacial score (nSPS) is 11.2. The highest BCUT2D eigenvalue weighted by atomic mass is 16.1. The SMILES string of the molecule is C=C/C=C(\C=C)Nc1cc(=O)c2c(C)cc(C(N)=O)nc2n1-c1ccccc1. The third kappa shape index (κ3) is 3.48. The molecule has 6 nitrogen and oxygen atoms in total. The molecule has 3 aromatic rings. The first-order valence-corrected chi connectivity index (χ1v) is 8.61. The first kappa shape index (κ1) is 18.8. The van der Waals surface area contributed by atoms with E-state index in [0.717, 1.165) is 5.69 Å². The molecule has 0 aliphatic heterocycles. The number of anilines is 1. The predicted octanol–water partition coefficient (Wildman–Crippen LogP) is 3.46. The van der Waals surface area contributed by atoms with Gasteiger partial charge in [-0.3, -0.25) is 14.2 Å². The summed E-state index contributed by atoms with van der Waals surface area (Å²) in [6.45, 7) is 9.21. The van der Waals surface area contributed by atoms with Gasteiger partial charge in [-0.2, -0.15) is 0 Å². The van der Waals surface area contributed by atoms with Gasteiger partial charge >= 0.3 is 0 Å². The number of nitrogens with zero attached hydrogens (tertiary/aromatic N) is 2. The Morgan fingerprint density at radius 3 is 2.54 bits per heavy atom. The Morgan fingerprint density at radius 1 is 1.21 bits per heavy atom. The molecule has 1 aromatic carbocycles. The van der Waals surface area contributed by atoms with Crippen molar-refractivity contribution in [2.45, 2.75) is 6.92 Å². The number of rotatable bonds is 6. The Morgan fingerprint density at radius 2 is 1.93 bits per heavy atom. The Labute approximate surface area is 162 Å². The molecule has 0 spiro atoms. The average Bonchev–Trinajstić information content (AvgIpc) is 2.67. The molecule has 0 aliphatic carbocycles. The van der Waals surface area contributed by atoms with Crippen LogP contribution >= 0.6 is 0 Å². The van der Waals surface area contributed by atoms with Crippen molar-refractivity contribution in [2.24, 2.45) is 5.73 Å². The Hall–Kier alpha value is -3.93. The molecule has 1 amide bonds.